The van der Waals surface area contributed by atoms with Gasteiger partial charge in [0.2, 0.25) is 5.91 Å². The third-order valence-electron chi connectivity index (χ3n) is 5.98. The first-order valence-electron chi connectivity index (χ1n) is 10.4. The number of benzene rings is 1. The minimum Gasteiger partial charge on any atom is -0.496 e. The zero-order valence-electron chi connectivity index (χ0n) is 18.7. The van der Waals surface area contributed by atoms with Crippen LogP contribution < -0.4 is 20.1 Å². The van der Waals surface area contributed by atoms with E-state index in [0.717, 1.165) is 49.2 Å². The summed E-state index contributed by atoms with van der Waals surface area (Å²) in [7, 11) is 7.10. The van der Waals surface area contributed by atoms with Crippen LogP contribution in [0.25, 0.3) is 0 Å². The van der Waals surface area contributed by atoms with E-state index in [1.165, 1.54) is 5.56 Å². The summed E-state index contributed by atoms with van der Waals surface area (Å²) in [5.74, 6) is 2.66. The fourth-order valence-corrected chi connectivity index (χ4v) is 4.45. The highest BCUT2D eigenvalue weighted by Crippen LogP contribution is 2.39. The maximum Gasteiger partial charge on any atom is 0.230 e. The summed E-state index contributed by atoms with van der Waals surface area (Å²) in [5, 5.41) is 6.72. The number of hydrogen-bond donors (Lipinski definition) is 2. The van der Waals surface area contributed by atoms with Gasteiger partial charge in [-0.3, -0.25) is 9.79 Å². The second-order valence-corrected chi connectivity index (χ2v) is 8.37. The van der Waals surface area contributed by atoms with Gasteiger partial charge in [-0.15, -0.1) is 24.0 Å². The van der Waals surface area contributed by atoms with Gasteiger partial charge in [0, 0.05) is 51.8 Å². The Morgan fingerprint density at radius 1 is 1.30 bits per heavy atom. The quantitative estimate of drug-likeness (QED) is 0.336. The van der Waals surface area contributed by atoms with Crippen LogP contribution in [0, 0.1) is 5.41 Å². The average molecular weight is 530 g/mol. The molecule has 8 heteroatoms. The topological polar surface area (TPSA) is 75.2 Å². The average Bonchev–Trinajstić information content (AvgIpc) is 3.32. The van der Waals surface area contributed by atoms with Crippen LogP contribution in [0.15, 0.2) is 17.1 Å². The number of halogens is 1. The van der Waals surface area contributed by atoms with Crippen molar-refractivity contribution in [3.63, 3.8) is 0 Å². The molecule has 30 heavy (non-hydrogen) atoms. The SMILES string of the molecule is CN=C(NCc1cc2c(cc1OC)CC(C)O2)NCC1(C(=O)N(C)C)CCCC1.I. The summed E-state index contributed by atoms with van der Waals surface area (Å²) in [6.45, 7) is 3.22. The summed E-state index contributed by atoms with van der Waals surface area (Å²) in [5.41, 5.74) is 1.87. The van der Waals surface area contributed by atoms with E-state index in [1.54, 1.807) is 19.1 Å². The maximum atomic E-state index is 12.8. The van der Waals surface area contributed by atoms with Crippen molar-refractivity contribution in [1.82, 2.24) is 15.5 Å². The number of methoxy groups -OCH3 is 1. The van der Waals surface area contributed by atoms with Gasteiger partial charge in [0.15, 0.2) is 5.96 Å². The van der Waals surface area contributed by atoms with Crippen LogP contribution >= 0.6 is 24.0 Å². The predicted octanol–water partition coefficient (Wildman–Crippen LogP) is 2.95. The lowest BCUT2D eigenvalue weighted by atomic mass is 9.84. The third-order valence-corrected chi connectivity index (χ3v) is 5.98. The number of aliphatic imine (C=N–C) groups is 1. The van der Waals surface area contributed by atoms with E-state index in [1.807, 2.05) is 20.2 Å². The third kappa shape index (κ3) is 5.31. The molecule has 3 rings (SSSR count). The van der Waals surface area contributed by atoms with Crippen molar-refractivity contribution in [3.05, 3.63) is 23.3 Å². The largest absolute Gasteiger partial charge is 0.496 e. The van der Waals surface area contributed by atoms with Crippen molar-refractivity contribution in [2.24, 2.45) is 10.4 Å². The van der Waals surface area contributed by atoms with Gasteiger partial charge in [-0.25, -0.2) is 0 Å². The second kappa shape index (κ2) is 10.5. The molecule has 2 N–H and O–H groups in total. The minimum absolute atomic E-state index is 0. The molecule has 0 radical (unpaired) electrons. The monoisotopic (exact) mass is 530 g/mol. The number of rotatable bonds is 6. The zero-order valence-corrected chi connectivity index (χ0v) is 21.0. The standard InChI is InChI=1S/C22H34N4O3.HI/c1-15-10-16-11-18(28-5)17(12-19(16)29-15)13-24-21(23-2)25-14-22(8-6-7-9-22)20(27)26(3)4;/h11-12,15H,6-10,13-14H2,1-5H3,(H2,23,24,25);1H. The van der Waals surface area contributed by atoms with E-state index < -0.39 is 0 Å². The van der Waals surface area contributed by atoms with Crippen LogP contribution in [0.5, 0.6) is 11.5 Å². The fourth-order valence-electron chi connectivity index (χ4n) is 4.45. The molecule has 168 valence electrons. The number of guanidine groups is 1. The number of carbonyl (C=O) groups is 1. The molecule has 0 spiro atoms. The summed E-state index contributed by atoms with van der Waals surface area (Å²) in [6.07, 6.45) is 5.13. The molecule has 1 atom stereocenters. The number of amides is 1. The molecule has 1 amide bonds. The van der Waals surface area contributed by atoms with Crippen LogP contribution in [0.2, 0.25) is 0 Å². The Hall–Kier alpha value is -1.71. The highest BCUT2D eigenvalue weighted by molar-refractivity contribution is 14.0. The van der Waals surface area contributed by atoms with Gasteiger partial charge < -0.3 is 25.0 Å². The second-order valence-electron chi connectivity index (χ2n) is 8.37. The van der Waals surface area contributed by atoms with Crippen LogP contribution in [0.3, 0.4) is 0 Å². The molecule has 2 aliphatic rings. The lowest BCUT2D eigenvalue weighted by Crippen LogP contribution is -2.49. The van der Waals surface area contributed by atoms with Crippen molar-refractivity contribution in [2.45, 2.75) is 51.7 Å². The molecular weight excluding hydrogens is 495 g/mol. The Morgan fingerprint density at radius 2 is 2.00 bits per heavy atom. The number of ether oxygens (including phenoxy) is 2. The molecule has 0 bridgehead atoms. The van der Waals surface area contributed by atoms with E-state index >= 15 is 0 Å². The molecule has 1 aromatic rings. The van der Waals surface area contributed by atoms with E-state index in [9.17, 15) is 4.79 Å². The Labute approximate surface area is 197 Å². The first-order valence-corrected chi connectivity index (χ1v) is 10.4. The van der Waals surface area contributed by atoms with Gasteiger partial charge in [0.1, 0.15) is 17.6 Å². The molecule has 1 saturated carbocycles. The van der Waals surface area contributed by atoms with Crippen LogP contribution in [0.1, 0.15) is 43.7 Å². The molecule has 0 saturated heterocycles. The van der Waals surface area contributed by atoms with Crippen molar-refractivity contribution in [3.8, 4) is 11.5 Å². The molecule has 1 aromatic carbocycles. The van der Waals surface area contributed by atoms with Crippen molar-refractivity contribution in [1.29, 1.82) is 0 Å². The maximum absolute atomic E-state index is 12.8. The molecular formula is C22H35IN4O3. The Balaban J connectivity index is 0.00000320. The van der Waals surface area contributed by atoms with Crippen LogP contribution in [-0.4, -0.2) is 57.7 Å². The Morgan fingerprint density at radius 3 is 2.60 bits per heavy atom. The number of hydrogen-bond acceptors (Lipinski definition) is 4. The van der Waals surface area contributed by atoms with Gasteiger partial charge >= 0.3 is 0 Å². The number of carbonyl (C=O) groups excluding carboxylic acids is 1. The number of fused-ring (bicyclic) bond motifs is 1. The van der Waals surface area contributed by atoms with Gasteiger partial charge in [-0.2, -0.15) is 0 Å². The number of nitrogens with zero attached hydrogens (tertiary/aromatic N) is 2. The van der Waals surface area contributed by atoms with E-state index in [-0.39, 0.29) is 41.4 Å². The van der Waals surface area contributed by atoms with Crippen LogP contribution in [0.4, 0.5) is 0 Å². The van der Waals surface area contributed by atoms with Crippen molar-refractivity contribution >= 4 is 35.8 Å². The normalized spacial score (nSPS) is 19.4. The summed E-state index contributed by atoms with van der Waals surface area (Å²) < 4.78 is 11.5. The smallest absolute Gasteiger partial charge is 0.230 e. The van der Waals surface area contributed by atoms with Gasteiger partial charge in [-0.1, -0.05) is 12.8 Å². The molecule has 7 nitrogen and oxygen atoms in total. The van der Waals surface area contributed by atoms with Crippen molar-refractivity contribution in [2.75, 3.05) is 34.8 Å². The molecule has 1 unspecified atom stereocenters. The summed E-state index contributed by atoms with van der Waals surface area (Å²) >= 11 is 0. The van der Waals surface area contributed by atoms with E-state index in [4.69, 9.17) is 9.47 Å². The highest BCUT2D eigenvalue weighted by Gasteiger charge is 2.42. The lowest BCUT2D eigenvalue weighted by molar-refractivity contribution is -0.138. The predicted molar refractivity (Wildman–Crippen MR) is 130 cm³/mol. The minimum atomic E-state index is -0.337. The van der Waals surface area contributed by atoms with E-state index in [2.05, 4.69) is 28.6 Å². The molecule has 0 aromatic heterocycles. The molecule has 1 aliphatic carbocycles. The highest BCUT2D eigenvalue weighted by atomic mass is 127. The molecule has 1 aliphatic heterocycles. The first kappa shape index (κ1) is 24.6. The summed E-state index contributed by atoms with van der Waals surface area (Å²) in [6, 6.07) is 4.11. The Kier molecular flexibility index (Phi) is 8.63. The van der Waals surface area contributed by atoms with Gasteiger partial charge in [0.25, 0.3) is 0 Å². The van der Waals surface area contributed by atoms with Gasteiger partial charge in [-0.05, 0) is 31.9 Å². The van der Waals surface area contributed by atoms with E-state index in [0.29, 0.717) is 19.0 Å². The van der Waals surface area contributed by atoms with Gasteiger partial charge in [0.05, 0.1) is 12.5 Å². The van der Waals surface area contributed by atoms with Crippen molar-refractivity contribution < 1.29 is 14.3 Å². The molecule has 1 fully saturated rings. The van der Waals surface area contributed by atoms with Crippen LogP contribution in [-0.2, 0) is 17.8 Å². The zero-order chi connectivity index (χ0) is 21.0. The first-order chi connectivity index (χ1) is 13.9. The summed E-state index contributed by atoms with van der Waals surface area (Å²) in [4.78, 5) is 18.8. The number of nitrogens with one attached hydrogen (secondary N) is 2. The molecule has 1 heterocycles. The Bertz CT molecular complexity index is 776. The fraction of sp³-hybridized carbons (Fsp3) is 0.636. The lowest BCUT2D eigenvalue weighted by Gasteiger charge is -2.31.